The lowest BCUT2D eigenvalue weighted by Crippen LogP contribution is -2.66. The molecule has 3 fully saturated rings. The van der Waals surface area contributed by atoms with E-state index in [0.29, 0.717) is 12.8 Å². The molecule has 1 amide bonds. The van der Waals surface area contributed by atoms with Gasteiger partial charge in [0.1, 0.15) is 73.2 Å². The fourth-order valence-corrected chi connectivity index (χ4v) is 11.0. The second kappa shape index (κ2) is 48.4. The van der Waals surface area contributed by atoms with Gasteiger partial charge in [0.25, 0.3) is 0 Å². The maximum Gasteiger partial charge on any atom is 0.220 e. The molecule has 19 nitrogen and oxygen atoms in total. The molecule has 17 unspecified atom stereocenters. The molecular formula is C66H117NO18. The van der Waals surface area contributed by atoms with Crippen molar-refractivity contribution in [1.29, 1.82) is 0 Å². The maximum absolute atomic E-state index is 13.3. The van der Waals surface area contributed by atoms with Crippen molar-refractivity contribution in [1.82, 2.24) is 5.32 Å². The minimum atomic E-state index is -1.99. The third kappa shape index (κ3) is 31.2. The number of unbranched alkanes of at least 4 members (excludes halogenated alkanes) is 25. The topological polar surface area (TPSA) is 307 Å². The molecule has 494 valence electrons. The van der Waals surface area contributed by atoms with Crippen molar-refractivity contribution in [3.05, 3.63) is 60.8 Å². The van der Waals surface area contributed by atoms with Gasteiger partial charge in [0, 0.05) is 6.42 Å². The van der Waals surface area contributed by atoms with Crippen LogP contribution in [0.5, 0.6) is 0 Å². The van der Waals surface area contributed by atoms with Gasteiger partial charge in [-0.3, -0.25) is 4.79 Å². The molecule has 0 bridgehead atoms. The average molecular weight is 1210 g/mol. The molecule has 12 N–H and O–H groups in total. The zero-order valence-electron chi connectivity index (χ0n) is 51.8. The standard InChI is InChI=1S/C66H117NO18/c1-3-5-7-9-11-13-15-17-18-19-20-21-22-23-24-25-26-27-28-29-30-32-33-35-37-39-41-43-50(71)49(67-54(72)44-42-40-38-36-34-31-16-14-12-10-8-6-4-2)48-80-64-60(78)57(75)62(52(46-69)82-64)85-66-61(79)58(76)63(53(47-70)83-66)84-65-59(77)56(74)55(73)51(45-68)81-65/h6,8,12,14,31,34,38,40-41,43,49-53,55-66,68-71,73-79H,3-5,7,9-11,13,15-30,32-33,35-37,39,42,44-48H2,1-2H3,(H,67,72)/b8-6-,14-12-,34-31-,40-38-,43-41+. The minimum absolute atomic E-state index is 0.120. The number of carbonyl (C=O) groups is 1. The van der Waals surface area contributed by atoms with Crippen LogP contribution in [-0.2, 0) is 33.2 Å². The minimum Gasteiger partial charge on any atom is -0.394 e. The molecule has 0 aliphatic carbocycles. The van der Waals surface area contributed by atoms with Gasteiger partial charge in [0.05, 0.1) is 38.6 Å². The molecule has 3 rings (SSSR count). The largest absolute Gasteiger partial charge is 0.394 e. The lowest BCUT2D eigenvalue weighted by atomic mass is 9.96. The van der Waals surface area contributed by atoms with Crippen LogP contribution in [0, 0.1) is 0 Å². The highest BCUT2D eigenvalue weighted by molar-refractivity contribution is 5.76. The molecule has 0 aromatic heterocycles. The summed E-state index contributed by atoms with van der Waals surface area (Å²) in [5, 5.41) is 120. The van der Waals surface area contributed by atoms with Gasteiger partial charge < -0.3 is 89.9 Å². The van der Waals surface area contributed by atoms with E-state index < -0.39 is 124 Å². The molecule has 3 saturated heterocycles. The smallest absolute Gasteiger partial charge is 0.220 e. The quantitative estimate of drug-likeness (QED) is 0.0206. The number of rotatable bonds is 49. The molecule has 17 atom stereocenters. The van der Waals surface area contributed by atoms with Crippen LogP contribution in [0.1, 0.15) is 219 Å². The SMILES string of the molecule is CC/C=C\C/C=C\C/C=C\C/C=C\CCC(=O)NC(COC1OC(CO)C(OC2OC(CO)C(OC3OC(CO)C(O)C(O)C3O)C(O)C2O)C(O)C1O)C(O)/C=C/CCCCCCCCCCCCCCCCCCCCCCCCCCC. The highest BCUT2D eigenvalue weighted by Crippen LogP contribution is 2.33. The van der Waals surface area contributed by atoms with E-state index >= 15 is 0 Å². The van der Waals surface area contributed by atoms with E-state index in [-0.39, 0.29) is 18.9 Å². The Labute approximate surface area is 509 Å². The number of hydrogen-bond acceptors (Lipinski definition) is 18. The second-order valence-electron chi connectivity index (χ2n) is 23.6. The van der Waals surface area contributed by atoms with Gasteiger partial charge in [-0.1, -0.05) is 229 Å². The van der Waals surface area contributed by atoms with Crippen molar-refractivity contribution in [2.45, 2.75) is 324 Å². The molecule has 0 radical (unpaired) electrons. The van der Waals surface area contributed by atoms with Gasteiger partial charge >= 0.3 is 0 Å². The second-order valence-corrected chi connectivity index (χ2v) is 23.6. The van der Waals surface area contributed by atoms with Crippen LogP contribution in [0.2, 0.25) is 0 Å². The summed E-state index contributed by atoms with van der Waals surface area (Å²) in [7, 11) is 0. The van der Waals surface area contributed by atoms with Gasteiger partial charge in [-0.05, 0) is 44.9 Å². The summed E-state index contributed by atoms with van der Waals surface area (Å²) in [5.74, 6) is -0.356. The molecular weight excluding hydrogens is 1090 g/mol. The number of ether oxygens (including phenoxy) is 6. The third-order valence-corrected chi connectivity index (χ3v) is 16.3. The Morgan fingerprint density at radius 3 is 1.25 bits per heavy atom. The summed E-state index contributed by atoms with van der Waals surface area (Å²) in [4.78, 5) is 13.3. The van der Waals surface area contributed by atoms with Crippen molar-refractivity contribution >= 4 is 5.91 Å². The summed E-state index contributed by atoms with van der Waals surface area (Å²) >= 11 is 0. The average Bonchev–Trinajstić information content (AvgIpc) is 3.60. The highest BCUT2D eigenvalue weighted by atomic mass is 16.8. The van der Waals surface area contributed by atoms with Crippen molar-refractivity contribution < 1.29 is 89.4 Å². The number of amides is 1. The Bertz CT molecular complexity index is 1780. The molecule has 3 heterocycles. The Morgan fingerprint density at radius 2 is 0.812 bits per heavy atom. The van der Waals surface area contributed by atoms with E-state index in [1.54, 1.807) is 6.08 Å². The van der Waals surface area contributed by atoms with Crippen molar-refractivity contribution in [2.75, 3.05) is 26.4 Å². The number of aliphatic hydroxyl groups excluding tert-OH is 11. The van der Waals surface area contributed by atoms with E-state index in [2.05, 4.69) is 55.6 Å². The molecule has 3 aliphatic rings. The first-order chi connectivity index (χ1) is 41.3. The van der Waals surface area contributed by atoms with Crippen molar-refractivity contribution in [3.8, 4) is 0 Å². The van der Waals surface area contributed by atoms with Gasteiger partial charge in [-0.25, -0.2) is 0 Å². The van der Waals surface area contributed by atoms with Crippen LogP contribution < -0.4 is 5.32 Å². The Hall–Kier alpha value is -2.51. The summed E-state index contributed by atoms with van der Waals surface area (Å²) in [6.45, 7) is 1.56. The predicted molar refractivity (Wildman–Crippen MR) is 328 cm³/mol. The van der Waals surface area contributed by atoms with Crippen LogP contribution in [-0.4, -0.2) is 193 Å². The number of nitrogens with one attached hydrogen (secondary N) is 1. The Balaban J connectivity index is 1.44. The normalized spacial score (nSPS) is 29.4. The first-order valence-corrected chi connectivity index (χ1v) is 33.0. The van der Waals surface area contributed by atoms with Crippen LogP contribution in [0.4, 0.5) is 0 Å². The van der Waals surface area contributed by atoms with Crippen LogP contribution >= 0.6 is 0 Å². The number of hydrogen-bond donors (Lipinski definition) is 12. The molecule has 19 heteroatoms. The first-order valence-electron chi connectivity index (χ1n) is 33.0. The fraction of sp³-hybridized carbons (Fsp3) is 0.833. The van der Waals surface area contributed by atoms with Crippen LogP contribution in [0.15, 0.2) is 60.8 Å². The molecule has 0 aromatic carbocycles. The van der Waals surface area contributed by atoms with Crippen LogP contribution in [0.3, 0.4) is 0 Å². The summed E-state index contributed by atoms with van der Waals surface area (Å²) in [6.07, 6.45) is 31.0. The molecule has 0 spiro atoms. The Kier molecular flexibility index (Phi) is 43.7. The first kappa shape index (κ1) is 76.7. The van der Waals surface area contributed by atoms with E-state index in [0.717, 1.165) is 44.9 Å². The third-order valence-electron chi connectivity index (χ3n) is 16.3. The summed E-state index contributed by atoms with van der Waals surface area (Å²) < 4.78 is 34.2. The van der Waals surface area contributed by atoms with E-state index in [1.165, 1.54) is 141 Å². The van der Waals surface area contributed by atoms with Gasteiger partial charge in [-0.2, -0.15) is 0 Å². The van der Waals surface area contributed by atoms with Gasteiger partial charge in [0.15, 0.2) is 18.9 Å². The fourth-order valence-electron chi connectivity index (χ4n) is 11.0. The van der Waals surface area contributed by atoms with Gasteiger partial charge in [0.2, 0.25) is 5.91 Å². The molecule has 3 aliphatic heterocycles. The zero-order valence-corrected chi connectivity index (χ0v) is 51.8. The van der Waals surface area contributed by atoms with E-state index in [9.17, 15) is 61.0 Å². The summed E-state index contributed by atoms with van der Waals surface area (Å²) in [5.41, 5.74) is 0. The van der Waals surface area contributed by atoms with Gasteiger partial charge in [-0.15, -0.1) is 0 Å². The molecule has 0 saturated carbocycles. The highest BCUT2D eigenvalue weighted by Gasteiger charge is 2.53. The maximum atomic E-state index is 13.3. The molecule has 0 aromatic rings. The monoisotopic (exact) mass is 1210 g/mol. The summed E-state index contributed by atoms with van der Waals surface area (Å²) in [6, 6.07) is -1.01. The van der Waals surface area contributed by atoms with E-state index in [4.69, 9.17) is 28.4 Å². The zero-order chi connectivity index (χ0) is 61.9. The van der Waals surface area contributed by atoms with E-state index in [1.807, 2.05) is 18.2 Å². The van der Waals surface area contributed by atoms with Crippen LogP contribution in [0.25, 0.3) is 0 Å². The van der Waals surface area contributed by atoms with Crippen molar-refractivity contribution in [2.24, 2.45) is 0 Å². The Morgan fingerprint density at radius 1 is 0.435 bits per heavy atom. The molecule has 85 heavy (non-hydrogen) atoms. The number of aliphatic hydroxyl groups is 11. The lowest BCUT2D eigenvalue weighted by molar-refractivity contribution is -0.379. The number of carbonyl (C=O) groups excluding carboxylic acids is 1. The lowest BCUT2D eigenvalue weighted by Gasteiger charge is -2.48. The van der Waals surface area contributed by atoms with Crippen molar-refractivity contribution in [3.63, 3.8) is 0 Å². The predicted octanol–water partition coefficient (Wildman–Crippen LogP) is 7.60. The number of allylic oxidation sites excluding steroid dienone is 9.